The highest BCUT2D eigenvalue weighted by molar-refractivity contribution is 6.26. The average molecular weight is 592 g/mol. The van der Waals surface area contributed by atoms with Gasteiger partial charge in [-0.2, -0.15) is 0 Å². The van der Waals surface area contributed by atoms with Crippen molar-refractivity contribution in [3.05, 3.63) is 29.3 Å². The summed E-state index contributed by atoms with van der Waals surface area (Å²) in [5.41, 5.74) is 0.408. The Hall–Kier alpha value is -3.23. The molecule has 0 aromatic heterocycles. The summed E-state index contributed by atoms with van der Waals surface area (Å²) in [5, 5.41) is 4.90. The Morgan fingerprint density at radius 1 is 0.833 bits per heavy atom. The number of rotatable bonds is 21. The highest BCUT2D eigenvalue weighted by atomic mass is 16.6. The molecule has 3 rings (SSSR count). The number of imide groups is 2. The van der Waals surface area contributed by atoms with E-state index < -0.39 is 29.7 Å². The van der Waals surface area contributed by atoms with Gasteiger partial charge in [-0.05, 0) is 38.3 Å². The maximum Gasteiger partial charge on any atom is 0.264 e. The summed E-state index contributed by atoms with van der Waals surface area (Å²) in [7, 11) is 0. The van der Waals surface area contributed by atoms with Crippen molar-refractivity contribution in [2.24, 2.45) is 0 Å². The molecular formula is C29H41N3O10. The van der Waals surface area contributed by atoms with Gasteiger partial charge in [0, 0.05) is 26.1 Å². The van der Waals surface area contributed by atoms with Crippen molar-refractivity contribution in [2.45, 2.75) is 51.5 Å². The van der Waals surface area contributed by atoms with E-state index in [9.17, 15) is 24.0 Å². The molecule has 1 saturated heterocycles. The Morgan fingerprint density at radius 3 is 2.07 bits per heavy atom. The number of anilines is 1. The lowest BCUT2D eigenvalue weighted by Crippen LogP contribution is -2.54. The van der Waals surface area contributed by atoms with Crippen molar-refractivity contribution in [3.63, 3.8) is 0 Å². The van der Waals surface area contributed by atoms with E-state index in [0.29, 0.717) is 72.5 Å². The normalized spacial score (nSPS) is 16.6. The molecule has 42 heavy (non-hydrogen) atoms. The summed E-state index contributed by atoms with van der Waals surface area (Å²) in [6, 6.07) is 3.55. The number of unbranched alkanes of at least 4 members (excludes halogenated alkanes) is 2. The minimum Gasteiger partial charge on any atom is -0.379 e. The first-order chi connectivity index (χ1) is 20.4. The molecule has 1 atom stereocenters. The van der Waals surface area contributed by atoms with Gasteiger partial charge in [0.25, 0.3) is 11.8 Å². The minimum atomic E-state index is -1.06. The first-order valence-electron chi connectivity index (χ1n) is 14.5. The molecule has 232 valence electrons. The van der Waals surface area contributed by atoms with Crippen molar-refractivity contribution in [1.29, 1.82) is 0 Å². The summed E-state index contributed by atoms with van der Waals surface area (Å²) in [4.78, 5) is 63.2. The Morgan fingerprint density at radius 2 is 1.45 bits per heavy atom. The zero-order chi connectivity index (χ0) is 30.2. The predicted molar refractivity (Wildman–Crippen MR) is 150 cm³/mol. The van der Waals surface area contributed by atoms with E-state index in [4.69, 9.17) is 23.7 Å². The molecule has 1 unspecified atom stereocenters. The molecule has 2 heterocycles. The number of carbonyl (C=O) groups is 5. The molecule has 1 aromatic rings. The van der Waals surface area contributed by atoms with Gasteiger partial charge < -0.3 is 29.0 Å². The molecule has 2 N–H and O–H groups in total. The topological polar surface area (TPSA) is 159 Å². The van der Waals surface area contributed by atoms with Gasteiger partial charge in [-0.1, -0.05) is 12.5 Å². The van der Waals surface area contributed by atoms with Gasteiger partial charge >= 0.3 is 0 Å². The van der Waals surface area contributed by atoms with Crippen LogP contribution in [0.1, 0.15) is 66.2 Å². The molecule has 5 amide bonds. The monoisotopic (exact) mass is 591 g/mol. The number of hydrogen-bond donors (Lipinski definition) is 2. The maximum atomic E-state index is 13.1. The quantitative estimate of drug-likeness (QED) is 0.159. The van der Waals surface area contributed by atoms with Gasteiger partial charge in [-0.3, -0.25) is 34.2 Å². The van der Waals surface area contributed by atoms with Gasteiger partial charge in [0.05, 0.1) is 69.7 Å². The van der Waals surface area contributed by atoms with Gasteiger partial charge in [0.1, 0.15) is 6.04 Å². The van der Waals surface area contributed by atoms with Crippen LogP contribution in [0.3, 0.4) is 0 Å². The molecule has 2 aliphatic heterocycles. The first kappa shape index (κ1) is 33.3. The van der Waals surface area contributed by atoms with Gasteiger partial charge in [0.2, 0.25) is 17.7 Å². The molecule has 0 saturated carbocycles. The van der Waals surface area contributed by atoms with Crippen LogP contribution in [0.5, 0.6) is 0 Å². The highest BCUT2D eigenvalue weighted by Crippen LogP contribution is 2.32. The van der Waals surface area contributed by atoms with Crippen molar-refractivity contribution < 1.29 is 47.7 Å². The third-order valence-electron chi connectivity index (χ3n) is 6.63. The zero-order valence-corrected chi connectivity index (χ0v) is 24.2. The standard InChI is InChI=1S/C29H41N3O10/c1-2-38-13-14-40-17-18-42-20-19-41-16-15-39-12-5-3-4-9-24(33)30-22-8-6-7-21-26(22)29(37)32(28(21)36)23-10-11-25(34)31-27(23)35/h6-8,23H,2-5,9-20H2,1H3,(H,30,33)(H,31,34,35). The number of ether oxygens (including phenoxy) is 5. The number of carbonyl (C=O) groups excluding carboxylic acids is 5. The zero-order valence-electron chi connectivity index (χ0n) is 24.2. The van der Waals surface area contributed by atoms with E-state index in [0.717, 1.165) is 17.7 Å². The van der Waals surface area contributed by atoms with Crippen molar-refractivity contribution in [3.8, 4) is 0 Å². The van der Waals surface area contributed by atoms with E-state index in [1.54, 1.807) is 12.1 Å². The molecule has 0 radical (unpaired) electrons. The summed E-state index contributed by atoms with van der Waals surface area (Å²) < 4.78 is 27.0. The minimum absolute atomic E-state index is 0.0365. The molecule has 13 nitrogen and oxygen atoms in total. The lowest BCUT2D eigenvalue weighted by atomic mass is 10.0. The fourth-order valence-corrected chi connectivity index (χ4v) is 4.52. The van der Waals surface area contributed by atoms with Crippen LogP contribution < -0.4 is 10.6 Å². The molecule has 0 spiro atoms. The van der Waals surface area contributed by atoms with Crippen LogP contribution in [0.25, 0.3) is 0 Å². The van der Waals surface area contributed by atoms with E-state index in [-0.39, 0.29) is 42.0 Å². The molecule has 1 aromatic carbocycles. The van der Waals surface area contributed by atoms with Crippen LogP contribution in [-0.2, 0) is 38.1 Å². The first-order valence-corrected chi connectivity index (χ1v) is 14.5. The van der Waals surface area contributed by atoms with Gasteiger partial charge in [-0.15, -0.1) is 0 Å². The lowest BCUT2D eigenvalue weighted by Gasteiger charge is -2.27. The van der Waals surface area contributed by atoms with Crippen LogP contribution in [0.15, 0.2) is 18.2 Å². The fourth-order valence-electron chi connectivity index (χ4n) is 4.52. The van der Waals surface area contributed by atoms with E-state index in [2.05, 4.69) is 10.6 Å². The Labute approximate surface area is 245 Å². The second-order valence-electron chi connectivity index (χ2n) is 9.68. The van der Waals surface area contributed by atoms with Gasteiger partial charge in [0.15, 0.2) is 0 Å². The van der Waals surface area contributed by atoms with Crippen LogP contribution in [0.2, 0.25) is 0 Å². The third kappa shape index (κ3) is 10.2. The Bertz CT molecular complexity index is 1080. The predicted octanol–water partition coefficient (Wildman–Crippen LogP) is 1.69. The van der Waals surface area contributed by atoms with Crippen LogP contribution in [0.4, 0.5) is 5.69 Å². The van der Waals surface area contributed by atoms with E-state index >= 15 is 0 Å². The van der Waals surface area contributed by atoms with Crippen molar-refractivity contribution >= 4 is 35.2 Å². The lowest BCUT2D eigenvalue weighted by molar-refractivity contribution is -0.136. The van der Waals surface area contributed by atoms with Crippen LogP contribution >= 0.6 is 0 Å². The molecule has 2 aliphatic rings. The summed E-state index contributed by atoms with van der Waals surface area (Å²) in [6.45, 7) is 7.30. The van der Waals surface area contributed by atoms with Crippen molar-refractivity contribution in [1.82, 2.24) is 10.2 Å². The second kappa shape index (κ2) is 18.3. The Balaban J connectivity index is 1.24. The number of amides is 5. The number of hydrogen-bond acceptors (Lipinski definition) is 10. The molecule has 13 heteroatoms. The summed E-state index contributed by atoms with van der Waals surface area (Å²) in [5.74, 6) is -2.68. The summed E-state index contributed by atoms with van der Waals surface area (Å²) in [6.07, 6.45) is 2.54. The maximum absolute atomic E-state index is 13.1. The Kier molecular flexibility index (Phi) is 14.5. The summed E-state index contributed by atoms with van der Waals surface area (Å²) >= 11 is 0. The number of nitrogens with zero attached hydrogens (tertiary/aromatic N) is 1. The largest absolute Gasteiger partial charge is 0.379 e. The number of fused-ring (bicyclic) bond motifs is 1. The SMILES string of the molecule is CCOCCOCCOCCOCCOCCCCCC(=O)Nc1cccc2c1C(=O)N(C1CCC(=O)NC1=O)C2=O. The molecule has 0 aliphatic carbocycles. The number of piperidine rings is 1. The molecule has 0 bridgehead atoms. The van der Waals surface area contributed by atoms with Gasteiger partial charge in [-0.25, -0.2) is 0 Å². The number of benzene rings is 1. The average Bonchev–Trinajstić information content (AvgIpc) is 3.22. The fraction of sp³-hybridized carbons (Fsp3) is 0.621. The van der Waals surface area contributed by atoms with Crippen LogP contribution in [-0.4, -0.2) is 107 Å². The number of nitrogens with one attached hydrogen (secondary N) is 2. The van der Waals surface area contributed by atoms with Crippen LogP contribution in [0, 0.1) is 0 Å². The smallest absolute Gasteiger partial charge is 0.264 e. The van der Waals surface area contributed by atoms with Crippen molar-refractivity contribution in [2.75, 3.05) is 71.4 Å². The third-order valence-corrected chi connectivity index (χ3v) is 6.63. The second-order valence-corrected chi connectivity index (χ2v) is 9.68. The van der Waals surface area contributed by atoms with E-state index in [1.165, 1.54) is 6.07 Å². The highest BCUT2D eigenvalue weighted by Gasteiger charge is 2.45. The molecule has 1 fully saturated rings. The van der Waals surface area contributed by atoms with E-state index in [1.807, 2.05) is 6.92 Å². The molecular weight excluding hydrogens is 550 g/mol.